The summed E-state index contributed by atoms with van der Waals surface area (Å²) in [7, 11) is 0. The molecule has 7 heteroatoms. The lowest BCUT2D eigenvalue weighted by molar-refractivity contribution is 0.0956. The van der Waals surface area contributed by atoms with E-state index in [-0.39, 0.29) is 5.91 Å². The quantitative estimate of drug-likeness (QED) is 0.778. The molecule has 1 amide bonds. The Morgan fingerprint density at radius 2 is 2.14 bits per heavy atom. The second kappa shape index (κ2) is 5.42. The minimum absolute atomic E-state index is 0.178. The van der Waals surface area contributed by atoms with E-state index in [1.165, 1.54) is 11.3 Å². The number of fused-ring (bicyclic) bond motifs is 1. The smallest absolute Gasteiger partial charge is 0.263 e. The predicted octanol–water partition coefficient (Wildman–Crippen LogP) is 2.88. The average Bonchev–Trinajstić information content (AvgIpc) is 3.01. The van der Waals surface area contributed by atoms with Gasteiger partial charge in [-0.25, -0.2) is 9.97 Å². The van der Waals surface area contributed by atoms with Gasteiger partial charge in [0.05, 0.1) is 12.2 Å². The Morgan fingerprint density at radius 3 is 2.81 bits per heavy atom. The lowest BCUT2D eigenvalue weighted by atomic mass is 10.2. The molecule has 21 heavy (non-hydrogen) atoms. The van der Waals surface area contributed by atoms with Crippen molar-refractivity contribution in [3.05, 3.63) is 38.8 Å². The largest absolute Gasteiger partial charge is 0.397 e. The number of aromatic nitrogens is 2. The number of pyridine rings is 1. The van der Waals surface area contributed by atoms with E-state index in [0.29, 0.717) is 17.1 Å². The fraction of sp³-hybridized carbons (Fsp3) is 0.214. The maximum atomic E-state index is 12.3. The molecule has 3 N–H and O–H groups in total. The van der Waals surface area contributed by atoms with E-state index in [1.54, 1.807) is 23.7 Å². The van der Waals surface area contributed by atoms with E-state index < -0.39 is 0 Å². The maximum Gasteiger partial charge on any atom is 0.263 e. The van der Waals surface area contributed by atoms with E-state index in [0.717, 1.165) is 25.7 Å². The van der Waals surface area contributed by atoms with Crippen LogP contribution in [0, 0.1) is 13.8 Å². The van der Waals surface area contributed by atoms with Gasteiger partial charge in [-0.15, -0.1) is 22.7 Å². The van der Waals surface area contributed by atoms with E-state index in [4.69, 9.17) is 5.73 Å². The first kappa shape index (κ1) is 14.0. The van der Waals surface area contributed by atoms with Crippen LogP contribution in [-0.2, 0) is 6.54 Å². The van der Waals surface area contributed by atoms with Gasteiger partial charge in [0.2, 0.25) is 0 Å². The highest BCUT2D eigenvalue weighted by molar-refractivity contribution is 7.21. The highest BCUT2D eigenvalue weighted by atomic mass is 32.1. The van der Waals surface area contributed by atoms with Crippen molar-refractivity contribution >= 4 is 44.5 Å². The predicted molar refractivity (Wildman–Crippen MR) is 86.8 cm³/mol. The lowest BCUT2D eigenvalue weighted by Crippen LogP contribution is -2.22. The lowest BCUT2D eigenvalue weighted by Gasteiger charge is -2.02. The second-order valence-electron chi connectivity index (χ2n) is 4.70. The number of thiazole rings is 1. The zero-order chi connectivity index (χ0) is 15.0. The number of hydrogen-bond donors (Lipinski definition) is 2. The summed E-state index contributed by atoms with van der Waals surface area (Å²) in [4.78, 5) is 23.2. The van der Waals surface area contributed by atoms with Crippen molar-refractivity contribution < 1.29 is 4.79 Å². The monoisotopic (exact) mass is 318 g/mol. The van der Waals surface area contributed by atoms with Crippen molar-refractivity contribution in [3.8, 4) is 0 Å². The van der Waals surface area contributed by atoms with Crippen LogP contribution < -0.4 is 11.1 Å². The third-order valence-electron chi connectivity index (χ3n) is 3.11. The summed E-state index contributed by atoms with van der Waals surface area (Å²) < 4.78 is 0. The first-order chi connectivity index (χ1) is 10.1. The van der Waals surface area contributed by atoms with Crippen LogP contribution in [0.5, 0.6) is 0 Å². The number of hydrogen-bond acceptors (Lipinski definition) is 6. The second-order valence-corrected chi connectivity index (χ2v) is 7.02. The Balaban J connectivity index is 1.84. The summed E-state index contributed by atoms with van der Waals surface area (Å²) in [6.45, 7) is 4.37. The van der Waals surface area contributed by atoms with Gasteiger partial charge in [-0.05, 0) is 25.5 Å². The molecule has 0 unspecified atom stereocenters. The van der Waals surface area contributed by atoms with Crippen LogP contribution in [0.3, 0.4) is 0 Å². The molecular weight excluding hydrogens is 304 g/mol. The molecule has 0 aromatic carbocycles. The first-order valence-corrected chi connectivity index (χ1v) is 8.02. The summed E-state index contributed by atoms with van der Waals surface area (Å²) in [6, 6.07) is 1.89. The van der Waals surface area contributed by atoms with Crippen molar-refractivity contribution in [2.24, 2.45) is 0 Å². The Morgan fingerprint density at radius 1 is 1.33 bits per heavy atom. The Labute approximate surface area is 129 Å². The summed E-state index contributed by atoms with van der Waals surface area (Å²) in [5, 5.41) is 4.62. The van der Waals surface area contributed by atoms with Gasteiger partial charge >= 0.3 is 0 Å². The van der Waals surface area contributed by atoms with Crippen molar-refractivity contribution in [3.63, 3.8) is 0 Å². The molecule has 0 aliphatic heterocycles. The van der Waals surface area contributed by atoms with Crippen molar-refractivity contribution in [2.75, 3.05) is 5.73 Å². The number of nitrogens with two attached hydrogens (primary N) is 1. The minimum Gasteiger partial charge on any atom is -0.397 e. The first-order valence-electron chi connectivity index (χ1n) is 6.39. The number of anilines is 1. The van der Waals surface area contributed by atoms with Gasteiger partial charge < -0.3 is 11.1 Å². The highest BCUT2D eigenvalue weighted by Gasteiger charge is 2.18. The van der Waals surface area contributed by atoms with Gasteiger partial charge in [0, 0.05) is 22.7 Å². The molecule has 108 valence electrons. The minimum atomic E-state index is -0.178. The summed E-state index contributed by atoms with van der Waals surface area (Å²) in [6.07, 6.45) is 3.53. The SMILES string of the molecule is Cc1cnc(CNC(=O)c2sc3nccc(C)c3c2N)s1. The Bertz CT molecular complexity index is 822. The van der Waals surface area contributed by atoms with Crippen LogP contribution in [-0.4, -0.2) is 15.9 Å². The standard InChI is InChI=1S/C14H14N4OS2/c1-7-3-4-16-14-10(7)11(15)12(21-14)13(19)18-6-9-17-5-8(2)20-9/h3-5H,6,15H2,1-2H3,(H,18,19). The number of rotatable bonds is 3. The van der Waals surface area contributed by atoms with Gasteiger partial charge in [0.25, 0.3) is 5.91 Å². The van der Waals surface area contributed by atoms with Gasteiger partial charge in [0.15, 0.2) is 0 Å². The third kappa shape index (κ3) is 2.62. The summed E-state index contributed by atoms with van der Waals surface area (Å²) >= 11 is 2.89. The molecule has 5 nitrogen and oxygen atoms in total. The molecule has 0 atom stereocenters. The summed E-state index contributed by atoms with van der Waals surface area (Å²) in [5.74, 6) is -0.178. The molecule has 0 radical (unpaired) electrons. The number of aryl methyl sites for hydroxylation is 2. The van der Waals surface area contributed by atoms with Crippen molar-refractivity contribution in [1.82, 2.24) is 15.3 Å². The van der Waals surface area contributed by atoms with E-state index >= 15 is 0 Å². The molecule has 0 aliphatic carbocycles. The molecule has 0 bridgehead atoms. The highest BCUT2D eigenvalue weighted by Crippen LogP contribution is 2.34. The molecule has 0 fully saturated rings. The van der Waals surface area contributed by atoms with E-state index in [2.05, 4.69) is 15.3 Å². The maximum absolute atomic E-state index is 12.3. The van der Waals surface area contributed by atoms with E-state index in [9.17, 15) is 4.79 Å². The van der Waals surface area contributed by atoms with Gasteiger partial charge in [-0.3, -0.25) is 4.79 Å². The van der Waals surface area contributed by atoms with Crippen LogP contribution >= 0.6 is 22.7 Å². The zero-order valence-electron chi connectivity index (χ0n) is 11.6. The molecule has 0 saturated carbocycles. The van der Waals surface area contributed by atoms with Crippen LogP contribution in [0.4, 0.5) is 5.69 Å². The molecule has 3 heterocycles. The number of carbonyl (C=O) groups excluding carboxylic acids is 1. The number of nitrogens with zero attached hydrogens (tertiary/aromatic N) is 2. The molecule has 3 rings (SSSR count). The fourth-order valence-electron chi connectivity index (χ4n) is 2.09. The number of nitrogen functional groups attached to an aromatic ring is 1. The molecule has 0 spiro atoms. The summed E-state index contributed by atoms with van der Waals surface area (Å²) in [5.41, 5.74) is 7.65. The topological polar surface area (TPSA) is 80.9 Å². The van der Waals surface area contributed by atoms with E-state index in [1.807, 2.05) is 19.9 Å². The number of nitrogens with one attached hydrogen (secondary N) is 1. The van der Waals surface area contributed by atoms with Crippen molar-refractivity contribution in [2.45, 2.75) is 20.4 Å². The Hall–Kier alpha value is -1.99. The van der Waals surface area contributed by atoms with Crippen molar-refractivity contribution in [1.29, 1.82) is 0 Å². The molecular formula is C14H14N4OS2. The van der Waals surface area contributed by atoms with Crippen LogP contribution in [0.25, 0.3) is 10.2 Å². The van der Waals surface area contributed by atoms with Gasteiger partial charge in [0.1, 0.15) is 14.7 Å². The normalized spacial score (nSPS) is 11.0. The molecule has 0 saturated heterocycles. The number of amides is 1. The average molecular weight is 318 g/mol. The molecule has 0 aliphatic rings. The fourth-order valence-corrected chi connectivity index (χ4v) is 3.88. The zero-order valence-corrected chi connectivity index (χ0v) is 13.3. The van der Waals surface area contributed by atoms with Gasteiger partial charge in [-0.1, -0.05) is 0 Å². The number of carbonyl (C=O) groups is 1. The van der Waals surface area contributed by atoms with Crippen LogP contribution in [0.2, 0.25) is 0 Å². The van der Waals surface area contributed by atoms with Gasteiger partial charge in [-0.2, -0.15) is 0 Å². The van der Waals surface area contributed by atoms with Crippen LogP contribution in [0.15, 0.2) is 18.5 Å². The molecule has 3 aromatic rings. The molecule has 3 aromatic heterocycles. The Kier molecular flexibility index (Phi) is 3.60. The van der Waals surface area contributed by atoms with Crippen LogP contribution in [0.1, 0.15) is 25.1 Å². The third-order valence-corrected chi connectivity index (χ3v) is 5.14. The number of thiophene rings is 1.